The van der Waals surface area contributed by atoms with Crippen LogP contribution in [-0.4, -0.2) is 24.9 Å². The molecule has 0 aromatic heterocycles. The van der Waals surface area contributed by atoms with Crippen LogP contribution in [0.25, 0.3) is 0 Å². The highest BCUT2D eigenvalue weighted by molar-refractivity contribution is 6.18. The molecule has 0 saturated carbocycles. The number of carbonyl (C=O) groups is 2. The highest BCUT2D eigenvalue weighted by Crippen LogP contribution is 2.09. The molecule has 1 aliphatic heterocycles. The van der Waals surface area contributed by atoms with Gasteiger partial charge in [0, 0.05) is 11.1 Å². The Morgan fingerprint density at radius 2 is 1.18 bits per heavy atom. The van der Waals surface area contributed by atoms with Crippen molar-refractivity contribution < 1.29 is 9.59 Å². The number of hydrogen-bond acceptors (Lipinski definition) is 4. The molecule has 0 bridgehead atoms. The number of amides is 2. The van der Waals surface area contributed by atoms with Crippen molar-refractivity contribution in [1.29, 1.82) is 0 Å². The van der Waals surface area contributed by atoms with Gasteiger partial charge in [0.25, 0.3) is 11.8 Å². The fourth-order valence-electron chi connectivity index (χ4n) is 1.27. The lowest BCUT2D eigenvalue weighted by atomic mass is 10.2. The standard InChI is InChI=1S/C6H16N2.C6H7NO2/c7-5-3-1-2-4-6-8;1-3-4(2)6(9)7-5(3)8/h1-8H2;1-2H3,(H,7,8,9). The predicted molar refractivity (Wildman–Crippen MR) is 68.1 cm³/mol. The largest absolute Gasteiger partial charge is 0.330 e. The van der Waals surface area contributed by atoms with E-state index in [4.69, 9.17) is 11.5 Å². The maximum absolute atomic E-state index is 10.6. The van der Waals surface area contributed by atoms with Crippen molar-refractivity contribution in [2.75, 3.05) is 13.1 Å². The third-order valence-corrected chi connectivity index (χ3v) is 2.63. The molecule has 0 radical (unpaired) electrons. The normalized spacial score (nSPS) is 14.6. The summed E-state index contributed by atoms with van der Waals surface area (Å²) in [6, 6.07) is 0. The average Bonchev–Trinajstić information content (AvgIpc) is 2.53. The number of rotatable bonds is 5. The van der Waals surface area contributed by atoms with Gasteiger partial charge in [0.1, 0.15) is 0 Å². The lowest BCUT2D eigenvalue weighted by Crippen LogP contribution is -2.22. The van der Waals surface area contributed by atoms with E-state index in [2.05, 4.69) is 5.32 Å². The van der Waals surface area contributed by atoms with Crippen LogP contribution in [0.5, 0.6) is 0 Å². The molecular weight excluding hydrogens is 218 g/mol. The van der Waals surface area contributed by atoms with Crippen molar-refractivity contribution in [3.8, 4) is 0 Å². The highest BCUT2D eigenvalue weighted by Gasteiger charge is 2.22. The summed E-state index contributed by atoms with van der Waals surface area (Å²) in [4.78, 5) is 21.2. The maximum atomic E-state index is 10.6. The molecule has 0 unspecified atom stereocenters. The molecule has 1 aliphatic rings. The minimum atomic E-state index is -0.266. The fourth-order valence-corrected chi connectivity index (χ4v) is 1.27. The van der Waals surface area contributed by atoms with Crippen LogP contribution in [0.15, 0.2) is 11.1 Å². The zero-order valence-corrected chi connectivity index (χ0v) is 10.7. The quantitative estimate of drug-likeness (QED) is 0.480. The maximum Gasteiger partial charge on any atom is 0.254 e. The molecule has 2 amide bonds. The Labute approximate surface area is 103 Å². The van der Waals surface area contributed by atoms with Gasteiger partial charge in [-0.15, -0.1) is 0 Å². The van der Waals surface area contributed by atoms with E-state index in [-0.39, 0.29) is 11.8 Å². The van der Waals surface area contributed by atoms with Gasteiger partial charge in [-0.3, -0.25) is 14.9 Å². The molecular formula is C12H23N3O2. The summed E-state index contributed by atoms with van der Waals surface area (Å²) in [6.45, 7) is 4.92. The van der Waals surface area contributed by atoms with Gasteiger partial charge >= 0.3 is 0 Å². The zero-order chi connectivity index (χ0) is 13.3. The van der Waals surface area contributed by atoms with Crippen molar-refractivity contribution in [3.63, 3.8) is 0 Å². The molecule has 0 spiro atoms. The van der Waals surface area contributed by atoms with Crippen molar-refractivity contribution in [3.05, 3.63) is 11.1 Å². The zero-order valence-electron chi connectivity index (χ0n) is 10.7. The second-order valence-corrected chi connectivity index (χ2v) is 4.02. The summed E-state index contributed by atoms with van der Waals surface area (Å²) in [7, 11) is 0. The van der Waals surface area contributed by atoms with Gasteiger partial charge in [0.05, 0.1) is 0 Å². The van der Waals surface area contributed by atoms with Gasteiger partial charge in [0.2, 0.25) is 0 Å². The number of carbonyl (C=O) groups excluding carboxylic acids is 2. The van der Waals surface area contributed by atoms with Gasteiger partial charge in [-0.2, -0.15) is 0 Å². The second-order valence-electron chi connectivity index (χ2n) is 4.02. The molecule has 98 valence electrons. The van der Waals surface area contributed by atoms with Crippen LogP contribution >= 0.6 is 0 Å². The third kappa shape index (κ3) is 6.19. The lowest BCUT2D eigenvalue weighted by Gasteiger charge is -1.94. The van der Waals surface area contributed by atoms with Gasteiger partial charge < -0.3 is 11.5 Å². The van der Waals surface area contributed by atoms with E-state index < -0.39 is 0 Å². The second kappa shape index (κ2) is 8.90. The van der Waals surface area contributed by atoms with Gasteiger partial charge in [-0.05, 0) is 39.8 Å². The first-order chi connectivity index (χ1) is 8.04. The van der Waals surface area contributed by atoms with Crippen molar-refractivity contribution in [1.82, 2.24) is 5.32 Å². The molecule has 1 rings (SSSR count). The molecule has 0 aliphatic carbocycles. The SMILES string of the molecule is CC1=C(C)C(=O)NC1=O.NCCCCCCN. The smallest absolute Gasteiger partial charge is 0.254 e. The first-order valence-electron chi connectivity index (χ1n) is 5.97. The molecule has 5 nitrogen and oxygen atoms in total. The number of nitrogens with one attached hydrogen (secondary N) is 1. The van der Waals surface area contributed by atoms with Crippen LogP contribution in [0.4, 0.5) is 0 Å². The van der Waals surface area contributed by atoms with E-state index in [1.54, 1.807) is 13.8 Å². The fraction of sp³-hybridized carbons (Fsp3) is 0.667. The van der Waals surface area contributed by atoms with E-state index in [0.717, 1.165) is 25.9 Å². The van der Waals surface area contributed by atoms with E-state index in [1.165, 1.54) is 12.8 Å². The summed E-state index contributed by atoms with van der Waals surface area (Å²) >= 11 is 0. The Morgan fingerprint density at radius 1 is 0.824 bits per heavy atom. The van der Waals surface area contributed by atoms with Gasteiger partial charge in [0.15, 0.2) is 0 Å². The third-order valence-electron chi connectivity index (χ3n) is 2.63. The van der Waals surface area contributed by atoms with E-state index in [1.807, 2.05) is 0 Å². The number of nitrogens with two attached hydrogens (primary N) is 2. The monoisotopic (exact) mass is 241 g/mol. The summed E-state index contributed by atoms with van der Waals surface area (Å²) in [5, 5.41) is 2.16. The molecule has 0 aromatic carbocycles. The number of hydrogen-bond donors (Lipinski definition) is 3. The van der Waals surface area contributed by atoms with Crippen molar-refractivity contribution in [2.24, 2.45) is 11.5 Å². The van der Waals surface area contributed by atoms with Gasteiger partial charge in [-0.1, -0.05) is 12.8 Å². The molecule has 0 atom stereocenters. The minimum Gasteiger partial charge on any atom is -0.330 e. The van der Waals surface area contributed by atoms with Crippen LogP contribution in [0.1, 0.15) is 39.5 Å². The van der Waals surface area contributed by atoms with Crippen LogP contribution in [0.2, 0.25) is 0 Å². The van der Waals surface area contributed by atoms with Crippen molar-refractivity contribution in [2.45, 2.75) is 39.5 Å². The van der Waals surface area contributed by atoms with Crippen LogP contribution in [0, 0.1) is 0 Å². The Hall–Kier alpha value is -1.20. The number of imide groups is 1. The molecule has 5 heteroatoms. The summed E-state index contributed by atoms with van der Waals surface area (Å²) in [6.07, 6.45) is 4.79. The summed E-state index contributed by atoms with van der Waals surface area (Å²) in [5.41, 5.74) is 11.6. The molecule has 17 heavy (non-hydrogen) atoms. The molecule has 1 heterocycles. The van der Waals surface area contributed by atoms with Gasteiger partial charge in [-0.25, -0.2) is 0 Å². The molecule has 0 aromatic rings. The summed E-state index contributed by atoms with van der Waals surface area (Å²) < 4.78 is 0. The highest BCUT2D eigenvalue weighted by atomic mass is 16.2. The first-order valence-corrected chi connectivity index (χ1v) is 5.97. The Kier molecular flexibility index (Phi) is 8.27. The molecule has 5 N–H and O–H groups in total. The van der Waals surface area contributed by atoms with Crippen LogP contribution in [-0.2, 0) is 9.59 Å². The first kappa shape index (κ1) is 15.8. The Balaban J connectivity index is 0.000000304. The van der Waals surface area contributed by atoms with Crippen molar-refractivity contribution >= 4 is 11.8 Å². The Morgan fingerprint density at radius 3 is 1.35 bits per heavy atom. The van der Waals surface area contributed by atoms with E-state index >= 15 is 0 Å². The minimum absolute atomic E-state index is 0.266. The van der Waals surface area contributed by atoms with E-state index in [0.29, 0.717) is 11.1 Å². The average molecular weight is 241 g/mol. The topological polar surface area (TPSA) is 98.2 Å². The van der Waals surface area contributed by atoms with Crippen LogP contribution < -0.4 is 16.8 Å². The predicted octanol–water partition coefficient (Wildman–Crippen LogP) is 0.443. The van der Waals surface area contributed by atoms with Crippen LogP contribution in [0.3, 0.4) is 0 Å². The Bertz CT molecular complexity index is 270. The molecule has 0 fully saturated rings. The number of unbranched alkanes of at least 4 members (excludes halogenated alkanes) is 3. The van der Waals surface area contributed by atoms with E-state index in [9.17, 15) is 9.59 Å². The molecule has 0 saturated heterocycles. The summed E-state index contributed by atoms with van der Waals surface area (Å²) in [5.74, 6) is -0.532. The lowest BCUT2D eigenvalue weighted by molar-refractivity contribution is -0.124.